The fourth-order valence-corrected chi connectivity index (χ4v) is 2.55. The molecule has 2 aromatic rings. The van der Waals surface area contributed by atoms with Crippen LogP contribution in [-0.4, -0.2) is 33.8 Å². The Bertz CT molecular complexity index is 613. The Morgan fingerprint density at radius 2 is 2.14 bits per heavy atom. The molecule has 0 aliphatic carbocycles. The summed E-state index contributed by atoms with van der Waals surface area (Å²) in [6, 6.07) is 0.0376. The summed E-state index contributed by atoms with van der Waals surface area (Å²) in [5.41, 5.74) is 0. The van der Waals surface area contributed by atoms with Crippen molar-refractivity contribution in [1.29, 1.82) is 0 Å². The zero-order chi connectivity index (χ0) is 14.8. The molecule has 7 nitrogen and oxygen atoms in total. The number of methoxy groups -OCH3 is 1. The Hall–Kier alpha value is -2.18. The van der Waals surface area contributed by atoms with Gasteiger partial charge in [-0.25, -0.2) is 9.97 Å². The van der Waals surface area contributed by atoms with E-state index in [4.69, 9.17) is 9.26 Å². The van der Waals surface area contributed by atoms with Crippen molar-refractivity contribution < 1.29 is 9.26 Å². The summed E-state index contributed by atoms with van der Waals surface area (Å²) in [7, 11) is 1.60. The quantitative estimate of drug-likeness (QED) is 0.854. The molecule has 1 aliphatic rings. The summed E-state index contributed by atoms with van der Waals surface area (Å²) < 4.78 is 10.7. The third-order valence-electron chi connectivity index (χ3n) is 3.62. The average molecular weight is 289 g/mol. The molecular formula is C14H19N5O2. The summed E-state index contributed by atoms with van der Waals surface area (Å²) in [6.45, 7) is 4.97. The molecule has 1 aliphatic heterocycles. The molecule has 0 bridgehead atoms. The Balaban J connectivity index is 1.91. The van der Waals surface area contributed by atoms with Crippen LogP contribution in [-0.2, 0) is 0 Å². The van der Waals surface area contributed by atoms with Crippen molar-refractivity contribution >= 4 is 5.82 Å². The maximum absolute atomic E-state index is 5.44. The molecule has 2 aromatic heterocycles. The van der Waals surface area contributed by atoms with E-state index in [1.165, 1.54) is 0 Å². The van der Waals surface area contributed by atoms with Crippen LogP contribution in [0.4, 0.5) is 5.82 Å². The Morgan fingerprint density at radius 1 is 1.33 bits per heavy atom. The van der Waals surface area contributed by atoms with E-state index in [2.05, 4.69) is 25.0 Å². The van der Waals surface area contributed by atoms with Crippen LogP contribution in [0.3, 0.4) is 0 Å². The molecule has 112 valence electrons. The van der Waals surface area contributed by atoms with Crippen molar-refractivity contribution in [3.63, 3.8) is 0 Å². The van der Waals surface area contributed by atoms with Crippen LogP contribution in [0.25, 0.3) is 0 Å². The molecule has 0 saturated carbocycles. The fraction of sp³-hybridized carbons (Fsp3) is 0.571. The number of hydrogen-bond donors (Lipinski definition) is 0. The van der Waals surface area contributed by atoms with Gasteiger partial charge in [0.25, 0.3) is 5.88 Å². The van der Waals surface area contributed by atoms with Gasteiger partial charge >= 0.3 is 0 Å². The van der Waals surface area contributed by atoms with E-state index in [0.29, 0.717) is 11.8 Å². The van der Waals surface area contributed by atoms with Gasteiger partial charge in [0.2, 0.25) is 5.89 Å². The van der Waals surface area contributed by atoms with Crippen molar-refractivity contribution in [2.75, 3.05) is 18.6 Å². The third kappa shape index (κ3) is 2.55. The molecule has 0 N–H and O–H groups in total. The zero-order valence-corrected chi connectivity index (χ0v) is 12.5. The van der Waals surface area contributed by atoms with Crippen LogP contribution in [0, 0.1) is 0 Å². The Labute approximate surface area is 123 Å². The van der Waals surface area contributed by atoms with Gasteiger partial charge < -0.3 is 14.2 Å². The van der Waals surface area contributed by atoms with Crippen LogP contribution in [0.2, 0.25) is 0 Å². The van der Waals surface area contributed by atoms with Crippen molar-refractivity contribution in [2.45, 2.75) is 38.6 Å². The molecule has 21 heavy (non-hydrogen) atoms. The standard InChI is InChI=1S/C14H19N5O2/c1-9(2)11-17-13(21-18-11)10-5-4-8-19(10)12-14(20-3)16-7-6-15-12/h6-7,9-10H,4-5,8H2,1-3H3/t10-/m0/s1. The smallest absolute Gasteiger partial charge is 0.257 e. The van der Waals surface area contributed by atoms with Crippen molar-refractivity contribution in [2.24, 2.45) is 0 Å². The normalized spacial score (nSPS) is 18.5. The number of rotatable bonds is 4. The van der Waals surface area contributed by atoms with E-state index in [1.807, 2.05) is 13.8 Å². The highest BCUT2D eigenvalue weighted by Gasteiger charge is 2.33. The molecule has 0 spiro atoms. The lowest BCUT2D eigenvalue weighted by Gasteiger charge is -2.23. The summed E-state index contributed by atoms with van der Waals surface area (Å²) in [4.78, 5) is 15.3. The maximum atomic E-state index is 5.44. The SMILES string of the molecule is COc1nccnc1N1CCC[C@H]1c1nc(C(C)C)no1. The first kappa shape index (κ1) is 13.8. The molecule has 0 amide bonds. The Kier molecular flexibility index (Phi) is 3.72. The zero-order valence-electron chi connectivity index (χ0n) is 12.5. The lowest BCUT2D eigenvalue weighted by molar-refractivity contribution is 0.347. The van der Waals surface area contributed by atoms with Gasteiger partial charge in [-0.1, -0.05) is 19.0 Å². The van der Waals surface area contributed by atoms with Crippen LogP contribution in [0.5, 0.6) is 5.88 Å². The minimum absolute atomic E-state index is 0.0376. The third-order valence-corrected chi connectivity index (χ3v) is 3.62. The van der Waals surface area contributed by atoms with E-state index < -0.39 is 0 Å². The molecule has 1 atom stereocenters. The number of hydrogen-bond acceptors (Lipinski definition) is 7. The highest BCUT2D eigenvalue weighted by atomic mass is 16.5. The first-order valence-corrected chi connectivity index (χ1v) is 7.16. The molecule has 1 fully saturated rings. The molecule has 0 radical (unpaired) electrons. The van der Waals surface area contributed by atoms with E-state index in [1.54, 1.807) is 19.5 Å². The highest BCUT2D eigenvalue weighted by molar-refractivity contribution is 5.50. The minimum Gasteiger partial charge on any atom is -0.478 e. The van der Waals surface area contributed by atoms with Gasteiger partial charge in [0.1, 0.15) is 6.04 Å². The second-order valence-electron chi connectivity index (χ2n) is 5.39. The van der Waals surface area contributed by atoms with Gasteiger partial charge in [0.15, 0.2) is 11.6 Å². The monoisotopic (exact) mass is 289 g/mol. The first-order chi connectivity index (χ1) is 10.2. The van der Waals surface area contributed by atoms with Crippen LogP contribution in [0.15, 0.2) is 16.9 Å². The summed E-state index contributed by atoms with van der Waals surface area (Å²) in [5.74, 6) is 2.88. The van der Waals surface area contributed by atoms with E-state index in [0.717, 1.165) is 31.0 Å². The molecule has 7 heteroatoms. The number of nitrogens with zero attached hydrogens (tertiary/aromatic N) is 5. The molecule has 0 unspecified atom stereocenters. The topological polar surface area (TPSA) is 77.2 Å². The van der Waals surface area contributed by atoms with Gasteiger partial charge in [0.05, 0.1) is 7.11 Å². The van der Waals surface area contributed by atoms with Gasteiger partial charge in [-0.15, -0.1) is 0 Å². The number of aromatic nitrogens is 4. The number of ether oxygens (including phenoxy) is 1. The fourth-order valence-electron chi connectivity index (χ4n) is 2.55. The second-order valence-corrected chi connectivity index (χ2v) is 5.39. The molecule has 1 saturated heterocycles. The largest absolute Gasteiger partial charge is 0.478 e. The van der Waals surface area contributed by atoms with E-state index >= 15 is 0 Å². The van der Waals surface area contributed by atoms with E-state index in [9.17, 15) is 0 Å². The maximum Gasteiger partial charge on any atom is 0.257 e. The van der Waals surface area contributed by atoms with Crippen molar-refractivity contribution in [3.05, 3.63) is 24.1 Å². The van der Waals surface area contributed by atoms with Gasteiger partial charge in [-0.3, -0.25) is 0 Å². The van der Waals surface area contributed by atoms with E-state index in [-0.39, 0.29) is 12.0 Å². The van der Waals surface area contributed by atoms with Crippen LogP contribution in [0.1, 0.15) is 50.4 Å². The second kappa shape index (κ2) is 5.67. The highest BCUT2D eigenvalue weighted by Crippen LogP contribution is 2.37. The van der Waals surface area contributed by atoms with Gasteiger partial charge in [0, 0.05) is 24.9 Å². The minimum atomic E-state index is 0.0376. The predicted octanol–water partition coefficient (Wildman–Crippen LogP) is 2.33. The Morgan fingerprint density at radius 3 is 2.86 bits per heavy atom. The summed E-state index contributed by atoms with van der Waals surface area (Å²) in [6.07, 6.45) is 5.29. The van der Waals surface area contributed by atoms with Gasteiger partial charge in [-0.2, -0.15) is 4.98 Å². The molecule has 0 aromatic carbocycles. The number of anilines is 1. The molecule has 3 rings (SSSR count). The summed E-state index contributed by atoms with van der Waals surface area (Å²) in [5, 5.41) is 4.05. The summed E-state index contributed by atoms with van der Waals surface area (Å²) >= 11 is 0. The predicted molar refractivity (Wildman–Crippen MR) is 76.3 cm³/mol. The molecular weight excluding hydrogens is 270 g/mol. The van der Waals surface area contributed by atoms with Crippen molar-refractivity contribution in [3.8, 4) is 5.88 Å². The average Bonchev–Trinajstić information content (AvgIpc) is 3.15. The van der Waals surface area contributed by atoms with Crippen LogP contribution < -0.4 is 9.64 Å². The van der Waals surface area contributed by atoms with Gasteiger partial charge in [-0.05, 0) is 12.8 Å². The lowest BCUT2D eigenvalue weighted by Crippen LogP contribution is -2.24. The lowest BCUT2D eigenvalue weighted by atomic mass is 10.2. The van der Waals surface area contributed by atoms with Crippen LogP contribution >= 0.6 is 0 Å². The molecule has 3 heterocycles. The first-order valence-electron chi connectivity index (χ1n) is 7.16. The van der Waals surface area contributed by atoms with Crippen molar-refractivity contribution in [1.82, 2.24) is 20.1 Å².